The summed E-state index contributed by atoms with van der Waals surface area (Å²) in [6.45, 7) is 3.87. The molecular weight excluding hydrogens is 340 g/mol. The average Bonchev–Trinajstić information content (AvgIpc) is 3.19. The number of aryl methyl sites for hydroxylation is 2. The van der Waals surface area contributed by atoms with Crippen LogP contribution < -0.4 is 5.32 Å². The van der Waals surface area contributed by atoms with Crippen molar-refractivity contribution in [2.45, 2.75) is 13.8 Å². The number of anilines is 1. The molecular formula is C21H22N4O2. The molecule has 3 aromatic rings. The van der Waals surface area contributed by atoms with Crippen LogP contribution in [-0.4, -0.2) is 40.1 Å². The Hall–Kier alpha value is -3.41. The maximum atomic E-state index is 12.6. The number of hydrogen-bond donors (Lipinski definition) is 1. The molecule has 2 aromatic carbocycles. The van der Waals surface area contributed by atoms with E-state index in [9.17, 15) is 9.59 Å². The molecule has 1 aromatic heterocycles. The lowest BCUT2D eigenvalue weighted by Crippen LogP contribution is -2.35. The Morgan fingerprint density at radius 3 is 2.30 bits per heavy atom. The lowest BCUT2D eigenvalue weighted by atomic mass is 10.1. The highest BCUT2D eigenvalue weighted by molar-refractivity contribution is 5.99. The number of para-hydroxylation sites is 1. The number of carbonyl (C=O) groups is 2. The van der Waals surface area contributed by atoms with Crippen LogP contribution in [-0.2, 0) is 4.79 Å². The zero-order valence-corrected chi connectivity index (χ0v) is 15.6. The van der Waals surface area contributed by atoms with Gasteiger partial charge in [0.2, 0.25) is 5.91 Å². The SMILES string of the molecule is Cc1cccc(C)c1NC(=O)CN(C)C(=O)c1ccc(-n2cccn2)cc1. The number of nitrogens with one attached hydrogen (secondary N) is 1. The Morgan fingerprint density at radius 2 is 1.70 bits per heavy atom. The summed E-state index contributed by atoms with van der Waals surface area (Å²) in [5.74, 6) is -0.435. The molecule has 27 heavy (non-hydrogen) atoms. The number of hydrogen-bond acceptors (Lipinski definition) is 3. The van der Waals surface area contributed by atoms with Crippen LogP contribution in [0.3, 0.4) is 0 Å². The predicted molar refractivity (Wildman–Crippen MR) is 105 cm³/mol. The van der Waals surface area contributed by atoms with Crippen molar-refractivity contribution in [3.8, 4) is 5.69 Å². The molecule has 0 unspecified atom stereocenters. The first kappa shape index (κ1) is 18.4. The second kappa shape index (κ2) is 7.86. The van der Waals surface area contributed by atoms with Gasteiger partial charge in [-0.3, -0.25) is 9.59 Å². The minimum Gasteiger partial charge on any atom is -0.332 e. The van der Waals surface area contributed by atoms with Gasteiger partial charge in [-0.2, -0.15) is 5.10 Å². The first-order chi connectivity index (χ1) is 13.0. The van der Waals surface area contributed by atoms with Gasteiger partial charge in [0.1, 0.15) is 0 Å². The molecule has 2 amide bonds. The van der Waals surface area contributed by atoms with Gasteiger partial charge in [0.05, 0.1) is 12.2 Å². The second-order valence-electron chi connectivity index (χ2n) is 6.47. The highest BCUT2D eigenvalue weighted by atomic mass is 16.2. The van der Waals surface area contributed by atoms with Crippen LogP contribution in [0.2, 0.25) is 0 Å². The highest BCUT2D eigenvalue weighted by Crippen LogP contribution is 2.19. The van der Waals surface area contributed by atoms with E-state index in [2.05, 4.69) is 10.4 Å². The number of likely N-dealkylation sites (N-methyl/N-ethyl adjacent to an activating group) is 1. The van der Waals surface area contributed by atoms with Gasteiger partial charge in [-0.25, -0.2) is 4.68 Å². The predicted octanol–water partition coefficient (Wildman–Crippen LogP) is 3.20. The molecule has 6 nitrogen and oxygen atoms in total. The summed E-state index contributed by atoms with van der Waals surface area (Å²) in [5.41, 5.74) is 4.17. The van der Waals surface area contributed by atoms with E-state index in [-0.39, 0.29) is 18.4 Å². The van der Waals surface area contributed by atoms with E-state index in [0.717, 1.165) is 22.5 Å². The Labute approximate surface area is 158 Å². The summed E-state index contributed by atoms with van der Waals surface area (Å²) < 4.78 is 1.72. The fourth-order valence-corrected chi connectivity index (χ4v) is 2.88. The van der Waals surface area contributed by atoms with Crippen LogP contribution >= 0.6 is 0 Å². The van der Waals surface area contributed by atoms with E-state index in [4.69, 9.17) is 0 Å². The van der Waals surface area contributed by atoms with Crippen LogP contribution in [0.15, 0.2) is 60.9 Å². The maximum absolute atomic E-state index is 12.6. The molecule has 0 spiro atoms. The molecule has 0 fully saturated rings. The highest BCUT2D eigenvalue weighted by Gasteiger charge is 2.16. The van der Waals surface area contributed by atoms with Crippen molar-refractivity contribution in [3.63, 3.8) is 0 Å². The molecule has 0 radical (unpaired) electrons. The molecule has 0 aliphatic carbocycles. The molecule has 0 saturated heterocycles. The lowest BCUT2D eigenvalue weighted by molar-refractivity contribution is -0.116. The summed E-state index contributed by atoms with van der Waals surface area (Å²) >= 11 is 0. The molecule has 0 aliphatic heterocycles. The monoisotopic (exact) mass is 362 g/mol. The largest absolute Gasteiger partial charge is 0.332 e. The van der Waals surface area contributed by atoms with E-state index in [1.54, 1.807) is 30.1 Å². The third-order valence-corrected chi connectivity index (χ3v) is 4.36. The topological polar surface area (TPSA) is 67.2 Å². The van der Waals surface area contributed by atoms with Crippen molar-refractivity contribution in [2.75, 3.05) is 18.9 Å². The van der Waals surface area contributed by atoms with Crippen LogP contribution in [0.25, 0.3) is 5.69 Å². The molecule has 1 N–H and O–H groups in total. The number of amides is 2. The van der Waals surface area contributed by atoms with E-state index in [0.29, 0.717) is 5.56 Å². The summed E-state index contributed by atoms with van der Waals surface area (Å²) in [6, 6.07) is 14.8. The smallest absolute Gasteiger partial charge is 0.254 e. The summed E-state index contributed by atoms with van der Waals surface area (Å²) in [4.78, 5) is 26.4. The number of aromatic nitrogens is 2. The Morgan fingerprint density at radius 1 is 1.04 bits per heavy atom. The van der Waals surface area contributed by atoms with Crippen molar-refractivity contribution < 1.29 is 9.59 Å². The molecule has 138 valence electrons. The van der Waals surface area contributed by atoms with E-state index in [1.807, 2.05) is 56.4 Å². The summed E-state index contributed by atoms with van der Waals surface area (Å²) in [6.07, 6.45) is 3.53. The molecule has 0 atom stereocenters. The van der Waals surface area contributed by atoms with Crippen LogP contribution in [0.1, 0.15) is 21.5 Å². The first-order valence-corrected chi connectivity index (χ1v) is 8.67. The van der Waals surface area contributed by atoms with Gasteiger partial charge in [0, 0.05) is 30.7 Å². The van der Waals surface area contributed by atoms with E-state index >= 15 is 0 Å². The van der Waals surface area contributed by atoms with Crippen molar-refractivity contribution in [3.05, 3.63) is 77.6 Å². The Bertz CT molecular complexity index is 927. The summed E-state index contributed by atoms with van der Waals surface area (Å²) in [5, 5.41) is 7.06. The Balaban J connectivity index is 1.64. The van der Waals surface area contributed by atoms with Crippen LogP contribution in [0, 0.1) is 13.8 Å². The van der Waals surface area contributed by atoms with E-state index in [1.165, 1.54) is 4.90 Å². The zero-order chi connectivity index (χ0) is 19.4. The number of carbonyl (C=O) groups excluding carboxylic acids is 2. The second-order valence-corrected chi connectivity index (χ2v) is 6.47. The number of rotatable bonds is 5. The molecule has 1 heterocycles. The Kier molecular flexibility index (Phi) is 5.35. The minimum atomic E-state index is -0.226. The van der Waals surface area contributed by atoms with Crippen LogP contribution in [0.4, 0.5) is 5.69 Å². The van der Waals surface area contributed by atoms with Crippen molar-refractivity contribution in [2.24, 2.45) is 0 Å². The lowest BCUT2D eigenvalue weighted by Gasteiger charge is -2.18. The zero-order valence-electron chi connectivity index (χ0n) is 15.6. The third-order valence-electron chi connectivity index (χ3n) is 4.36. The van der Waals surface area contributed by atoms with Gasteiger partial charge in [-0.05, 0) is 55.3 Å². The normalized spacial score (nSPS) is 10.5. The van der Waals surface area contributed by atoms with Crippen molar-refractivity contribution in [1.82, 2.24) is 14.7 Å². The van der Waals surface area contributed by atoms with Gasteiger partial charge in [0.25, 0.3) is 5.91 Å². The summed E-state index contributed by atoms with van der Waals surface area (Å²) in [7, 11) is 1.62. The standard InChI is InChI=1S/C21H22N4O2/c1-15-6-4-7-16(2)20(15)23-19(26)14-24(3)21(27)17-8-10-18(11-9-17)25-13-5-12-22-25/h4-13H,14H2,1-3H3,(H,23,26). The first-order valence-electron chi connectivity index (χ1n) is 8.67. The minimum absolute atomic E-state index is 0.0203. The van der Waals surface area contributed by atoms with E-state index < -0.39 is 0 Å². The number of benzene rings is 2. The molecule has 0 bridgehead atoms. The fraction of sp³-hybridized carbons (Fsp3) is 0.190. The van der Waals surface area contributed by atoms with Gasteiger partial charge < -0.3 is 10.2 Å². The average molecular weight is 362 g/mol. The third kappa shape index (κ3) is 4.23. The maximum Gasteiger partial charge on any atom is 0.254 e. The van der Waals surface area contributed by atoms with Gasteiger partial charge in [0.15, 0.2) is 0 Å². The van der Waals surface area contributed by atoms with Gasteiger partial charge >= 0.3 is 0 Å². The van der Waals surface area contributed by atoms with Crippen LogP contribution in [0.5, 0.6) is 0 Å². The van der Waals surface area contributed by atoms with Crippen molar-refractivity contribution in [1.29, 1.82) is 0 Å². The number of nitrogens with zero attached hydrogens (tertiary/aromatic N) is 3. The molecule has 3 rings (SSSR count). The van der Waals surface area contributed by atoms with Gasteiger partial charge in [-0.15, -0.1) is 0 Å². The molecule has 0 saturated carbocycles. The van der Waals surface area contributed by atoms with Gasteiger partial charge in [-0.1, -0.05) is 18.2 Å². The van der Waals surface area contributed by atoms with Crippen molar-refractivity contribution >= 4 is 17.5 Å². The fourth-order valence-electron chi connectivity index (χ4n) is 2.88. The molecule has 6 heteroatoms. The quantitative estimate of drug-likeness (QED) is 0.758. The molecule has 0 aliphatic rings.